The predicted molar refractivity (Wildman–Crippen MR) is 59.0 cm³/mol. The van der Waals surface area contributed by atoms with E-state index in [-0.39, 0.29) is 0 Å². The fourth-order valence-corrected chi connectivity index (χ4v) is 2.35. The molecule has 0 fully saturated rings. The lowest BCUT2D eigenvalue weighted by Crippen LogP contribution is -2.30. The van der Waals surface area contributed by atoms with Gasteiger partial charge in [0.25, 0.3) is 0 Å². The first-order valence-corrected chi connectivity index (χ1v) is 6.32. The summed E-state index contributed by atoms with van der Waals surface area (Å²) in [5, 5.41) is 8.86. The number of hydrogen-bond donors (Lipinski definition) is 0. The summed E-state index contributed by atoms with van der Waals surface area (Å²) < 4.78 is 24.1. The molecule has 0 saturated heterocycles. The molecular formula is C10H12N2O2S. The lowest BCUT2D eigenvalue weighted by molar-refractivity contribution is 0.597. The van der Waals surface area contributed by atoms with E-state index in [2.05, 4.69) is 0 Å². The largest absolute Gasteiger partial charge is 0.269 e. The molecule has 0 aliphatic rings. The maximum Gasteiger partial charge on any atom is 0.232 e. The molecule has 0 unspecified atom stereocenters. The van der Waals surface area contributed by atoms with Crippen molar-refractivity contribution in [1.82, 2.24) is 0 Å². The van der Waals surface area contributed by atoms with Gasteiger partial charge in [-0.15, -0.1) is 0 Å². The van der Waals surface area contributed by atoms with Crippen molar-refractivity contribution < 1.29 is 8.42 Å². The topological polar surface area (TPSA) is 61.2 Å². The average Bonchev–Trinajstić information content (AvgIpc) is 2.17. The first-order chi connectivity index (χ1) is 7.00. The summed E-state index contributed by atoms with van der Waals surface area (Å²) in [4.78, 5) is 0. The van der Waals surface area contributed by atoms with E-state index in [1.165, 1.54) is 4.31 Å². The molecule has 0 heterocycles. The number of hydrogen-bond acceptors (Lipinski definition) is 3. The van der Waals surface area contributed by atoms with Crippen LogP contribution in [0.15, 0.2) is 24.3 Å². The molecule has 0 bridgehead atoms. The number of rotatable bonds is 3. The first-order valence-electron chi connectivity index (χ1n) is 4.47. The number of sulfonamides is 1. The SMILES string of the molecule is CCN(c1ccccc1C#N)S(C)(=O)=O. The summed E-state index contributed by atoms with van der Waals surface area (Å²) in [7, 11) is -3.32. The maximum absolute atomic E-state index is 11.4. The second kappa shape index (κ2) is 4.32. The Balaban J connectivity index is 3.32. The summed E-state index contributed by atoms with van der Waals surface area (Å²) in [6.07, 6.45) is 1.13. The summed E-state index contributed by atoms with van der Waals surface area (Å²) in [6.45, 7) is 2.05. The van der Waals surface area contributed by atoms with E-state index in [4.69, 9.17) is 5.26 Å². The van der Waals surface area contributed by atoms with Crippen LogP contribution in [0.4, 0.5) is 5.69 Å². The molecule has 1 rings (SSSR count). The standard InChI is InChI=1S/C10H12N2O2S/c1-3-12(15(2,13)14)10-7-5-4-6-9(10)8-11/h4-7H,3H2,1-2H3. The zero-order valence-corrected chi connectivity index (χ0v) is 9.45. The smallest absolute Gasteiger partial charge is 0.232 e. The minimum Gasteiger partial charge on any atom is -0.269 e. The average molecular weight is 224 g/mol. The quantitative estimate of drug-likeness (QED) is 0.778. The molecule has 1 aromatic rings. The molecule has 5 heteroatoms. The van der Waals surface area contributed by atoms with Crippen molar-refractivity contribution in [3.8, 4) is 6.07 Å². The molecule has 0 amide bonds. The van der Waals surface area contributed by atoms with Gasteiger partial charge in [-0.2, -0.15) is 5.26 Å². The van der Waals surface area contributed by atoms with Gasteiger partial charge in [0.2, 0.25) is 10.0 Å². The summed E-state index contributed by atoms with van der Waals surface area (Å²) in [5.41, 5.74) is 0.801. The Morgan fingerprint density at radius 1 is 1.40 bits per heavy atom. The van der Waals surface area contributed by atoms with Crippen LogP contribution in [0, 0.1) is 11.3 Å². The highest BCUT2D eigenvalue weighted by Gasteiger charge is 2.17. The van der Waals surface area contributed by atoms with Gasteiger partial charge in [0.05, 0.1) is 17.5 Å². The molecule has 0 aliphatic heterocycles. The van der Waals surface area contributed by atoms with Crippen LogP contribution in [0.1, 0.15) is 12.5 Å². The molecule has 0 spiro atoms. The molecular weight excluding hydrogens is 212 g/mol. The van der Waals surface area contributed by atoms with E-state index in [9.17, 15) is 8.42 Å². The zero-order chi connectivity index (χ0) is 11.5. The van der Waals surface area contributed by atoms with E-state index in [1.54, 1.807) is 31.2 Å². The molecule has 80 valence electrons. The lowest BCUT2D eigenvalue weighted by Gasteiger charge is -2.21. The number of benzene rings is 1. The minimum absolute atomic E-state index is 0.317. The van der Waals surface area contributed by atoms with Crippen molar-refractivity contribution in [3.63, 3.8) is 0 Å². The van der Waals surface area contributed by atoms with Crippen LogP contribution < -0.4 is 4.31 Å². The van der Waals surface area contributed by atoms with Gasteiger partial charge in [-0.25, -0.2) is 8.42 Å². The second-order valence-electron chi connectivity index (χ2n) is 3.06. The number of anilines is 1. The molecule has 1 aromatic carbocycles. The molecule has 0 saturated carbocycles. The van der Waals surface area contributed by atoms with E-state index in [0.29, 0.717) is 17.8 Å². The van der Waals surface area contributed by atoms with Crippen molar-refractivity contribution in [2.75, 3.05) is 17.1 Å². The van der Waals surface area contributed by atoms with Gasteiger partial charge < -0.3 is 0 Å². The summed E-state index contributed by atoms with van der Waals surface area (Å²) in [6, 6.07) is 8.62. The number of para-hydroxylation sites is 1. The third-order valence-electron chi connectivity index (χ3n) is 1.98. The maximum atomic E-state index is 11.4. The Kier molecular flexibility index (Phi) is 3.32. The van der Waals surface area contributed by atoms with Crippen LogP contribution in [0.5, 0.6) is 0 Å². The van der Waals surface area contributed by atoms with Gasteiger partial charge in [0.15, 0.2) is 0 Å². The Morgan fingerprint density at radius 3 is 2.47 bits per heavy atom. The molecule has 4 nitrogen and oxygen atoms in total. The van der Waals surface area contributed by atoms with Crippen molar-refractivity contribution in [3.05, 3.63) is 29.8 Å². The highest BCUT2D eigenvalue weighted by molar-refractivity contribution is 7.92. The molecule has 0 atom stereocenters. The van der Waals surface area contributed by atoms with Gasteiger partial charge in [0, 0.05) is 6.54 Å². The molecule has 0 N–H and O–H groups in total. The van der Waals surface area contributed by atoms with Crippen LogP contribution in [0.3, 0.4) is 0 Å². The molecule has 0 aromatic heterocycles. The van der Waals surface area contributed by atoms with Crippen molar-refractivity contribution in [2.24, 2.45) is 0 Å². The normalized spacial score (nSPS) is 10.7. The third-order valence-corrected chi connectivity index (χ3v) is 3.24. The molecule has 15 heavy (non-hydrogen) atoms. The van der Waals surface area contributed by atoms with Crippen LogP contribution in [-0.4, -0.2) is 21.2 Å². The van der Waals surface area contributed by atoms with E-state index in [0.717, 1.165) is 6.26 Å². The van der Waals surface area contributed by atoms with E-state index < -0.39 is 10.0 Å². The number of nitriles is 1. The Labute approximate surface area is 89.8 Å². The van der Waals surface area contributed by atoms with Gasteiger partial charge in [0.1, 0.15) is 6.07 Å². The Bertz CT molecular complexity index is 488. The Morgan fingerprint density at radius 2 is 2.00 bits per heavy atom. The van der Waals surface area contributed by atoms with Crippen LogP contribution in [-0.2, 0) is 10.0 Å². The fraction of sp³-hybridized carbons (Fsp3) is 0.300. The van der Waals surface area contributed by atoms with Gasteiger partial charge in [-0.1, -0.05) is 12.1 Å². The summed E-state index contributed by atoms with van der Waals surface area (Å²) in [5.74, 6) is 0. The highest BCUT2D eigenvalue weighted by atomic mass is 32.2. The van der Waals surface area contributed by atoms with E-state index >= 15 is 0 Å². The lowest BCUT2D eigenvalue weighted by atomic mass is 10.2. The third kappa shape index (κ3) is 2.48. The first kappa shape index (κ1) is 11.5. The van der Waals surface area contributed by atoms with E-state index in [1.807, 2.05) is 6.07 Å². The zero-order valence-electron chi connectivity index (χ0n) is 8.64. The number of nitrogens with zero attached hydrogens (tertiary/aromatic N) is 2. The second-order valence-corrected chi connectivity index (χ2v) is 4.96. The summed E-state index contributed by atoms with van der Waals surface area (Å²) >= 11 is 0. The predicted octanol–water partition coefficient (Wildman–Crippen LogP) is 1.34. The molecule has 0 radical (unpaired) electrons. The van der Waals surface area contributed by atoms with Crippen molar-refractivity contribution in [2.45, 2.75) is 6.92 Å². The fourth-order valence-electron chi connectivity index (χ4n) is 1.37. The minimum atomic E-state index is -3.32. The van der Waals surface area contributed by atoms with Crippen LogP contribution >= 0.6 is 0 Å². The monoisotopic (exact) mass is 224 g/mol. The van der Waals surface area contributed by atoms with Gasteiger partial charge in [-0.3, -0.25) is 4.31 Å². The molecule has 0 aliphatic carbocycles. The van der Waals surface area contributed by atoms with Crippen molar-refractivity contribution in [1.29, 1.82) is 5.26 Å². The van der Waals surface area contributed by atoms with Gasteiger partial charge >= 0.3 is 0 Å². The Hall–Kier alpha value is -1.54. The van der Waals surface area contributed by atoms with Crippen LogP contribution in [0.2, 0.25) is 0 Å². The van der Waals surface area contributed by atoms with Crippen molar-refractivity contribution >= 4 is 15.7 Å². The van der Waals surface area contributed by atoms with Gasteiger partial charge in [-0.05, 0) is 19.1 Å². The highest BCUT2D eigenvalue weighted by Crippen LogP contribution is 2.21. The van der Waals surface area contributed by atoms with Crippen LogP contribution in [0.25, 0.3) is 0 Å².